The standard InChI is InChI=1S/C13H18N2O/c1-2-11-4-3-5-12(10-11)13(16)15-8-6-14-7-9-15/h3-5,10,14H,2,6-9H2,1H3. The maximum atomic E-state index is 12.2. The van der Waals surface area contributed by atoms with Crippen molar-refractivity contribution in [3.05, 3.63) is 35.4 Å². The monoisotopic (exact) mass is 218 g/mol. The second kappa shape index (κ2) is 5.12. The fourth-order valence-corrected chi connectivity index (χ4v) is 1.97. The van der Waals surface area contributed by atoms with Gasteiger partial charge in [-0.3, -0.25) is 4.79 Å². The van der Waals surface area contributed by atoms with Crippen molar-refractivity contribution in [3.63, 3.8) is 0 Å². The van der Waals surface area contributed by atoms with Crippen molar-refractivity contribution in [1.82, 2.24) is 10.2 Å². The summed E-state index contributed by atoms with van der Waals surface area (Å²) in [5.41, 5.74) is 2.04. The molecule has 0 atom stereocenters. The molecule has 86 valence electrons. The smallest absolute Gasteiger partial charge is 0.253 e. The van der Waals surface area contributed by atoms with Crippen molar-refractivity contribution in [3.8, 4) is 0 Å². The molecule has 1 amide bonds. The summed E-state index contributed by atoms with van der Waals surface area (Å²) >= 11 is 0. The van der Waals surface area contributed by atoms with Crippen molar-refractivity contribution in [2.75, 3.05) is 26.2 Å². The van der Waals surface area contributed by atoms with E-state index in [-0.39, 0.29) is 5.91 Å². The summed E-state index contributed by atoms with van der Waals surface area (Å²) < 4.78 is 0. The molecule has 0 bridgehead atoms. The lowest BCUT2D eigenvalue weighted by molar-refractivity contribution is 0.0735. The zero-order valence-electron chi connectivity index (χ0n) is 9.70. The number of nitrogens with zero attached hydrogens (tertiary/aromatic N) is 1. The number of nitrogens with one attached hydrogen (secondary N) is 1. The van der Waals surface area contributed by atoms with Crippen molar-refractivity contribution >= 4 is 5.91 Å². The highest BCUT2D eigenvalue weighted by Crippen LogP contribution is 2.09. The lowest BCUT2D eigenvalue weighted by atomic mass is 10.1. The Morgan fingerprint density at radius 2 is 2.12 bits per heavy atom. The number of benzene rings is 1. The summed E-state index contributed by atoms with van der Waals surface area (Å²) in [6.45, 7) is 5.54. The van der Waals surface area contributed by atoms with Gasteiger partial charge in [0.05, 0.1) is 0 Å². The van der Waals surface area contributed by atoms with E-state index in [1.807, 2.05) is 23.1 Å². The third-order valence-electron chi connectivity index (χ3n) is 2.99. The van der Waals surface area contributed by atoms with Gasteiger partial charge in [-0.1, -0.05) is 19.1 Å². The molecular weight excluding hydrogens is 200 g/mol. The third-order valence-corrected chi connectivity index (χ3v) is 2.99. The second-order valence-electron chi connectivity index (χ2n) is 4.10. The third kappa shape index (κ3) is 2.42. The lowest BCUT2D eigenvalue weighted by Crippen LogP contribution is -2.46. The van der Waals surface area contributed by atoms with E-state index in [0.29, 0.717) is 0 Å². The molecule has 0 aromatic heterocycles. The number of hydrogen-bond donors (Lipinski definition) is 1. The Labute approximate surface area is 96.5 Å². The first-order chi connectivity index (χ1) is 7.81. The van der Waals surface area contributed by atoms with Gasteiger partial charge in [-0.2, -0.15) is 0 Å². The highest BCUT2D eigenvalue weighted by Gasteiger charge is 2.17. The lowest BCUT2D eigenvalue weighted by Gasteiger charge is -2.27. The molecule has 2 rings (SSSR count). The molecule has 0 unspecified atom stereocenters. The van der Waals surface area contributed by atoms with E-state index in [0.717, 1.165) is 38.2 Å². The molecule has 1 aromatic carbocycles. The van der Waals surface area contributed by atoms with Crippen LogP contribution in [0.15, 0.2) is 24.3 Å². The van der Waals surface area contributed by atoms with Crippen LogP contribution >= 0.6 is 0 Å². The van der Waals surface area contributed by atoms with Gasteiger partial charge in [0.2, 0.25) is 0 Å². The van der Waals surface area contributed by atoms with Gasteiger partial charge >= 0.3 is 0 Å². The van der Waals surface area contributed by atoms with Crippen LogP contribution in [0.5, 0.6) is 0 Å². The van der Waals surface area contributed by atoms with Crippen LogP contribution in [0.2, 0.25) is 0 Å². The van der Waals surface area contributed by atoms with E-state index >= 15 is 0 Å². The molecule has 0 aliphatic carbocycles. The summed E-state index contributed by atoms with van der Waals surface area (Å²) in [5.74, 6) is 0.164. The van der Waals surface area contributed by atoms with E-state index in [4.69, 9.17) is 0 Å². The topological polar surface area (TPSA) is 32.3 Å². The van der Waals surface area contributed by atoms with E-state index in [9.17, 15) is 4.79 Å². The van der Waals surface area contributed by atoms with Crippen LogP contribution in [0.1, 0.15) is 22.8 Å². The van der Waals surface area contributed by atoms with E-state index in [1.54, 1.807) is 0 Å². The number of amides is 1. The number of carbonyl (C=O) groups is 1. The van der Waals surface area contributed by atoms with Crippen LogP contribution in [-0.4, -0.2) is 37.0 Å². The first-order valence-corrected chi connectivity index (χ1v) is 5.90. The molecule has 1 heterocycles. The van der Waals surface area contributed by atoms with Gasteiger partial charge < -0.3 is 10.2 Å². The van der Waals surface area contributed by atoms with Crippen LogP contribution in [-0.2, 0) is 6.42 Å². The minimum absolute atomic E-state index is 0.164. The zero-order valence-corrected chi connectivity index (χ0v) is 9.70. The molecule has 0 spiro atoms. The predicted octanol–water partition coefficient (Wildman–Crippen LogP) is 1.29. The summed E-state index contributed by atoms with van der Waals surface area (Å²) in [4.78, 5) is 14.1. The second-order valence-corrected chi connectivity index (χ2v) is 4.10. The summed E-state index contributed by atoms with van der Waals surface area (Å²) in [6, 6.07) is 7.94. The Morgan fingerprint density at radius 3 is 2.81 bits per heavy atom. The fraction of sp³-hybridized carbons (Fsp3) is 0.462. The van der Waals surface area contributed by atoms with Gasteiger partial charge in [0.1, 0.15) is 0 Å². The predicted molar refractivity (Wildman–Crippen MR) is 64.6 cm³/mol. The molecule has 1 saturated heterocycles. The van der Waals surface area contributed by atoms with Gasteiger partial charge in [0.15, 0.2) is 0 Å². The molecule has 3 nitrogen and oxygen atoms in total. The van der Waals surface area contributed by atoms with Crippen LogP contribution in [0.3, 0.4) is 0 Å². The Hall–Kier alpha value is -1.35. The number of aryl methyl sites for hydroxylation is 1. The van der Waals surface area contributed by atoms with Crippen molar-refractivity contribution in [1.29, 1.82) is 0 Å². The first-order valence-electron chi connectivity index (χ1n) is 5.90. The van der Waals surface area contributed by atoms with Crippen molar-refractivity contribution in [2.45, 2.75) is 13.3 Å². The van der Waals surface area contributed by atoms with Crippen LogP contribution in [0.25, 0.3) is 0 Å². The van der Waals surface area contributed by atoms with E-state index < -0.39 is 0 Å². The van der Waals surface area contributed by atoms with Crippen molar-refractivity contribution in [2.24, 2.45) is 0 Å². The number of carbonyl (C=O) groups excluding carboxylic acids is 1. The zero-order chi connectivity index (χ0) is 11.4. The van der Waals surface area contributed by atoms with Gasteiger partial charge in [0.25, 0.3) is 5.91 Å². The summed E-state index contributed by atoms with van der Waals surface area (Å²) in [7, 11) is 0. The van der Waals surface area contributed by atoms with Gasteiger partial charge in [0, 0.05) is 31.7 Å². The van der Waals surface area contributed by atoms with Crippen LogP contribution < -0.4 is 5.32 Å². The maximum Gasteiger partial charge on any atom is 0.253 e. The molecule has 1 fully saturated rings. The van der Waals surface area contributed by atoms with Gasteiger partial charge in [-0.05, 0) is 24.1 Å². The summed E-state index contributed by atoms with van der Waals surface area (Å²) in [5, 5.41) is 3.25. The Morgan fingerprint density at radius 1 is 1.38 bits per heavy atom. The maximum absolute atomic E-state index is 12.2. The number of piperazine rings is 1. The Bertz CT molecular complexity index is 370. The number of hydrogen-bond acceptors (Lipinski definition) is 2. The van der Waals surface area contributed by atoms with Crippen LogP contribution in [0, 0.1) is 0 Å². The fourth-order valence-electron chi connectivity index (χ4n) is 1.97. The largest absolute Gasteiger partial charge is 0.336 e. The van der Waals surface area contributed by atoms with E-state index in [1.165, 1.54) is 5.56 Å². The quantitative estimate of drug-likeness (QED) is 0.811. The normalized spacial score (nSPS) is 16.2. The highest BCUT2D eigenvalue weighted by molar-refractivity contribution is 5.94. The average Bonchev–Trinajstić information content (AvgIpc) is 2.39. The van der Waals surface area contributed by atoms with Gasteiger partial charge in [-0.25, -0.2) is 0 Å². The minimum Gasteiger partial charge on any atom is -0.336 e. The SMILES string of the molecule is CCc1cccc(C(=O)N2CCNCC2)c1. The van der Waals surface area contributed by atoms with Crippen LogP contribution in [0.4, 0.5) is 0 Å². The molecule has 1 aliphatic rings. The van der Waals surface area contributed by atoms with Gasteiger partial charge in [-0.15, -0.1) is 0 Å². The Balaban J connectivity index is 2.12. The summed E-state index contributed by atoms with van der Waals surface area (Å²) in [6.07, 6.45) is 0.975. The molecule has 16 heavy (non-hydrogen) atoms. The van der Waals surface area contributed by atoms with Crippen molar-refractivity contribution < 1.29 is 4.79 Å². The molecule has 0 saturated carbocycles. The first kappa shape index (κ1) is 11.1. The molecule has 3 heteroatoms. The molecule has 1 aromatic rings. The molecule has 0 radical (unpaired) electrons. The molecular formula is C13H18N2O. The van der Waals surface area contributed by atoms with E-state index in [2.05, 4.69) is 18.3 Å². The average molecular weight is 218 g/mol. The molecule has 1 aliphatic heterocycles. The highest BCUT2D eigenvalue weighted by atomic mass is 16.2. The Kier molecular flexibility index (Phi) is 3.57. The number of rotatable bonds is 2. The minimum atomic E-state index is 0.164. The molecule has 1 N–H and O–H groups in total.